The standard InChI is InChI=1S/C15H24FNO/c1-10(2)6-5-7-18-15-8-11(3)14(16)9-13(15)12(4)17/h8-10,12H,5-7,17H2,1-4H3/t12-/m1/s1. The van der Waals surface area contributed by atoms with Crippen molar-refractivity contribution in [2.45, 2.75) is 46.6 Å². The van der Waals surface area contributed by atoms with Crippen LogP contribution in [-0.4, -0.2) is 6.61 Å². The van der Waals surface area contributed by atoms with E-state index in [0.29, 0.717) is 23.8 Å². The summed E-state index contributed by atoms with van der Waals surface area (Å²) >= 11 is 0. The molecule has 0 aromatic heterocycles. The van der Waals surface area contributed by atoms with E-state index < -0.39 is 0 Å². The van der Waals surface area contributed by atoms with Crippen LogP contribution in [0, 0.1) is 18.7 Å². The number of ether oxygens (including phenoxy) is 1. The van der Waals surface area contributed by atoms with E-state index in [9.17, 15) is 4.39 Å². The SMILES string of the molecule is Cc1cc(OCCCC(C)C)c([C@@H](C)N)cc1F. The second-order valence-electron chi connectivity index (χ2n) is 5.31. The lowest BCUT2D eigenvalue weighted by Gasteiger charge is -2.15. The predicted molar refractivity (Wildman–Crippen MR) is 73.3 cm³/mol. The van der Waals surface area contributed by atoms with Crippen molar-refractivity contribution in [2.24, 2.45) is 11.7 Å². The maximum atomic E-state index is 13.5. The molecule has 3 heteroatoms. The molecule has 0 spiro atoms. The van der Waals surface area contributed by atoms with Crippen molar-refractivity contribution >= 4 is 0 Å². The quantitative estimate of drug-likeness (QED) is 0.779. The fourth-order valence-electron chi connectivity index (χ4n) is 1.82. The molecule has 102 valence electrons. The van der Waals surface area contributed by atoms with E-state index in [0.717, 1.165) is 18.4 Å². The van der Waals surface area contributed by atoms with Crippen molar-refractivity contribution in [1.29, 1.82) is 0 Å². The van der Waals surface area contributed by atoms with Crippen molar-refractivity contribution in [1.82, 2.24) is 0 Å². The average Bonchev–Trinajstić information content (AvgIpc) is 2.28. The lowest BCUT2D eigenvalue weighted by Crippen LogP contribution is -2.10. The summed E-state index contributed by atoms with van der Waals surface area (Å²) < 4.78 is 19.2. The molecule has 0 aliphatic rings. The van der Waals surface area contributed by atoms with Gasteiger partial charge in [-0.15, -0.1) is 0 Å². The van der Waals surface area contributed by atoms with Gasteiger partial charge in [0, 0.05) is 11.6 Å². The van der Waals surface area contributed by atoms with Gasteiger partial charge in [-0.1, -0.05) is 13.8 Å². The summed E-state index contributed by atoms with van der Waals surface area (Å²) in [5.41, 5.74) is 7.17. The molecule has 0 amide bonds. The first-order chi connectivity index (χ1) is 8.41. The van der Waals surface area contributed by atoms with Gasteiger partial charge >= 0.3 is 0 Å². The van der Waals surface area contributed by atoms with Crippen LogP contribution in [0.5, 0.6) is 5.75 Å². The minimum atomic E-state index is -0.225. The van der Waals surface area contributed by atoms with Gasteiger partial charge in [0.15, 0.2) is 0 Å². The maximum Gasteiger partial charge on any atom is 0.126 e. The zero-order chi connectivity index (χ0) is 13.7. The minimum Gasteiger partial charge on any atom is -0.493 e. The molecular weight excluding hydrogens is 229 g/mol. The summed E-state index contributed by atoms with van der Waals surface area (Å²) in [7, 11) is 0. The largest absolute Gasteiger partial charge is 0.493 e. The minimum absolute atomic E-state index is 0.222. The topological polar surface area (TPSA) is 35.2 Å². The molecule has 1 aromatic carbocycles. The molecule has 0 fully saturated rings. The molecule has 0 saturated heterocycles. The van der Waals surface area contributed by atoms with Crippen LogP contribution in [0.25, 0.3) is 0 Å². The number of nitrogens with two attached hydrogens (primary N) is 1. The number of aryl methyl sites for hydroxylation is 1. The number of hydrogen-bond donors (Lipinski definition) is 1. The Morgan fingerprint density at radius 2 is 1.94 bits per heavy atom. The van der Waals surface area contributed by atoms with Gasteiger partial charge in [0.05, 0.1) is 6.61 Å². The van der Waals surface area contributed by atoms with Gasteiger partial charge in [0.2, 0.25) is 0 Å². The van der Waals surface area contributed by atoms with Crippen LogP contribution in [0.1, 0.15) is 50.8 Å². The highest BCUT2D eigenvalue weighted by atomic mass is 19.1. The summed E-state index contributed by atoms with van der Waals surface area (Å²) in [4.78, 5) is 0. The first-order valence-electron chi connectivity index (χ1n) is 6.60. The molecule has 0 saturated carbocycles. The van der Waals surface area contributed by atoms with Crippen molar-refractivity contribution in [3.63, 3.8) is 0 Å². The molecular formula is C15H24FNO. The Morgan fingerprint density at radius 1 is 1.28 bits per heavy atom. The summed E-state index contributed by atoms with van der Waals surface area (Å²) in [6, 6.07) is 3.00. The summed E-state index contributed by atoms with van der Waals surface area (Å²) in [5, 5.41) is 0. The first-order valence-corrected chi connectivity index (χ1v) is 6.60. The van der Waals surface area contributed by atoms with Crippen molar-refractivity contribution < 1.29 is 9.13 Å². The Balaban J connectivity index is 2.71. The molecule has 0 radical (unpaired) electrons. The van der Waals surface area contributed by atoms with E-state index in [1.165, 1.54) is 6.07 Å². The van der Waals surface area contributed by atoms with E-state index >= 15 is 0 Å². The van der Waals surface area contributed by atoms with Gasteiger partial charge < -0.3 is 10.5 Å². The number of halogens is 1. The van der Waals surface area contributed by atoms with E-state index in [2.05, 4.69) is 13.8 Å². The zero-order valence-electron chi connectivity index (χ0n) is 11.8. The average molecular weight is 253 g/mol. The van der Waals surface area contributed by atoms with Crippen LogP contribution < -0.4 is 10.5 Å². The maximum absolute atomic E-state index is 13.5. The molecule has 0 unspecified atom stereocenters. The Kier molecular flexibility index (Phi) is 5.60. The Bertz CT molecular complexity index is 388. The molecule has 1 rings (SSSR count). The predicted octanol–water partition coefficient (Wildman–Crippen LogP) is 3.97. The highest BCUT2D eigenvalue weighted by Crippen LogP contribution is 2.27. The number of hydrogen-bond acceptors (Lipinski definition) is 2. The summed E-state index contributed by atoms with van der Waals surface area (Å²) in [6.45, 7) is 8.61. The summed E-state index contributed by atoms with van der Waals surface area (Å²) in [6.07, 6.45) is 2.14. The molecule has 1 atom stereocenters. The smallest absolute Gasteiger partial charge is 0.126 e. The van der Waals surface area contributed by atoms with Crippen LogP contribution in [0.15, 0.2) is 12.1 Å². The number of rotatable bonds is 6. The van der Waals surface area contributed by atoms with Gasteiger partial charge in [-0.2, -0.15) is 0 Å². The van der Waals surface area contributed by atoms with Crippen molar-refractivity contribution in [3.05, 3.63) is 29.1 Å². The Morgan fingerprint density at radius 3 is 2.50 bits per heavy atom. The second kappa shape index (κ2) is 6.74. The van der Waals surface area contributed by atoms with E-state index in [4.69, 9.17) is 10.5 Å². The highest BCUT2D eigenvalue weighted by molar-refractivity contribution is 5.39. The van der Waals surface area contributed by atoms with Crippen LogP contribution in [-0.2, 0) is 0 Å². The van der Waals surface area contributed by atoms with Gasteiger partial charge in [0.25, 0.3) is 0 Å². The molecule has 18 heavy (non-hydrogen) atoms. The second-order valence-corrected chi connectivity index (χ2v) is 5.31. The van der Waals surface area contributed by atoms with Crippen LogP contribution >= 0.6 is 0 Å². The van der Waals surface area contributed by atoms with E-state index in [1.807, 2.05) is 6.92 Å². The van der Waals surface area contributed by atoms with Gasteiger partial charge in [-0.25, -0.2) is 4.39 Å². The third-order valence-corrected chi connectivity index (χ3v) is 2.96. The zero-order valence-corrected chi connectivity index (χ0v) is 11.8. The lowest BCUT2D eigenvalue weighted by atomic mass is 10.0. The molecule has 1 aromatic rings. The molecule has 2 nitrogen and oxygen atoms in total. The third kappa shape index (κ3) is 4.30. The summed E-state index contributed by atoms with van der Waals surface area (Å²) in [5.74, 6) is 1.17. The third-order valence-electron chi connectivity index (χ3n) is 2.96. The van der Waals surface area contributed by atoms with E-state index in [1.54, 1.807) is 13.0 Å². The fraction of sp³-hybridized carbons (Fsp3) is 0.600. The monoisotopic (exact) mass is 253 g/mol. The highest BCUT2D eigenvalue weighted by Gasteiger charge is 2.12. The van der Waals surface area contributed by atoms with E-state index in [-0.39, 0.29) is 11.9 Å². The number of benzene rings is 1. The molecule has 0 aliphatic heterocycles. The van der Waals surface area contributed by atoms with Crippen molar-refractivity contribution in [2.75, 3.05) is 6.61 Å². The molecule has 0 aliphatic carbocycles. The van der Waals surface area contributed by atoms with Crippen LogP contribution in [0.3, 0.4) is 0 Å². The van der Waals surface area contributed by atoms with Gasteiger partial charge in [-0.3, -0.25) is 0 Å². The molecule has 0 bridgehead atoms. The Labute approximate surface area is 109 Å². The normalized spacial score (nSPS) is 12.8. The Hall–Kier alpha value is -1.09. The lowest BCUT2D eigenvalue weighted by molar-refractivity contribution is 0.293. The molecule has 0 heterocycles. The van der Waals surface area contributed by atoms with Crippen LogP contribution in [0.2, 0.25) is 0 Å². The fourth-order valence-corrected chi connectivity index (χ4v) is 1.82. The van der Waals surface area contributed by atoms with Gasteiger partial charge in [-0.05, 0) is 50.3 Å². The van der Waals surface area contributed by atoms with Gasteiger partial charge in [0.1, 0.15) is 11.6 Å². The first kappa shape index (κ1) is 15.0. The molecule has 2 N–H and O–H groups in total. The van der Waals surface area contributed by atoms with Crippen LogP contribution in [0.4, 0.5) is 4.39 Å². The van der Waals surface area contributed by atoms with Crippen molar-refractivity contribution in [3.8, 4) is 5.75 Å².